The minimum atomic E-state index is 0.0885. The van der Waals surface area contributed by atoms with Gasteiger partial charge in [0, 0.05) is 24.5 Å². The summed E-state index contributed by atoms with van der Waals surface area (Å²) in [4.78, 5) is 27.8. The Morgan fingerprint density at radius 3 is 2.76 bits per heavy atom. The molecule has 29 heavy (non-hydrogen) atoms. The first kappa shape index (κ1) is 19.3. The standard InChI is InChI=1S/C24H32N2O2S/c1-23-12-10-17-15(6-9-20-24(17,2)13-11-21(27)26(20)3)16(23)7-8-19(23)25-22(28)18-5-4-14-29-18/h4-5,11,13-17,19-20H,6-10,12H2,1-3H3,(H,25,28)/t15-,16-,17+,19?,20?,23-,24+/m0/s1. The zero-order chi connectivity index (χ0) is 20.4. The third-order valence-electron chi connectivity index (χ3n) is 9.18. The van der Waals surface area contributed by atoms with E-state index in [1.807, 2.05) is 35.5 Å². The maximum Gasteiger partial charge on any atom is 0.261 e. The largest absolute Gasteiger partial charge is 0.348 e. The Labute approximate surface area is 177 Å². The van der Waals surface area contributed by atoms with E-state index in [4.69, 9.17) is 0 Å². The van der Waals surface area contributed by atoms with Crippen molar-refractivity contribution >= 4 is 23.2 Å². The Balaban J connectivity index is 1.38. The van der Waals surface area contributed by atoms with Crippen molar-refractivity contribution in [3.05, 3.63) is 34.5 Å². The molecular formula is C24H32N2O2S. The summed E-state index contributed by atoms with van der Waals surface area (Å²) in [7, 11) is 1.98. The minimum absolute atomic E-state index is 0.0885. The fourth-order valence-electron chi connectivity index (χ4n) is 7.61. The summed E-state index contributed by atoms with van der Waals surface area (Å²) >= 11 is 1.52. The molecule has 1 N–H and O–H groups in total. The second-order valence-corrected chi connectivity index (χ2v) is 11.2. The van der Waals surface area contributed by atoms with Crippen LogP contribution in [0.1, 0.15) is 62.0 Å². The lowest BCUT2D eigenvalue weighted by Crippen LogP contribution is -2.60. The zero-order valence-electron chi connectivity index (χ0n) is 17.7. The van der Waals surface area contributed by atoms with Gasteiger partial charge in [-0.2, -0.15) is 0 Å². The first-order valence-corrected chi connectivity index (χ1v) is 12.0. The number of thiophene rings is 1. The van der Waals surface area contributed by atoms with Crippen LogP contribution in [0.15, 0.2) is 29.7 Å². The first-order valence-electron chi connectivity index (χ1n) is 11.1. The van der Waals surface area contributed by atoms with Crippen molar-refractivity contribution in [3.8, 4) is 0 Å². The number of hydrogen-bond acceptors (Lipinski definition) is 3. The van der Waals surface area contributed by atoms with Crippen molar-refractivity contribution in [1.82, 2.24) is 10.2 Å². The molecule has 0 aromatic carbocycles. The highest BCUT2D eigenvalue weighted by atomic mass is 32.1. The summed E-state index contributed by atoms with van der Waals surface area (Å²) in [6, 6.07) is 4.48. The van der Waals surface area contributed by atoms with Crippen molar-refractivity contribution < 1.29 is 9.59 Å². The van der Waals surface area contributed by atoms with Gasteiger partial charge in [-0.15, -0.1) is 11.3 Å². The molecular weight excluding hydrogens is 380 g/mol. The van der Waals surface area contributed by atoms with Gasteiger partial charge >= 0.3 is 0 Å². The molecule has 1 aliphatic heterocycles. The number of carbonyl (C=O) groups excluding carboxylic acids is 2. The SMILES string of the molecule is CN1C(=O)C=C[C@@]2(C)C1CC[C@@H]1[C@H]2CC[C@]2(C)C(NC(=O)c3cccs3)CC[C@@H]12. The summed E-state index contributed by atoms with van der Waals surface area (Å²) in [5.41, 5.74) is 0.280. The van der Waals surface area contributed by atoms with Crippen LogP contribution >= 0.6 is 11.3 Å². The van der Waals surface area contributed by atoms with E-state index < -0.39 is 0 Å². The van der Waals surface area contributed by atoms with Gasteiger partial charge < -0.3 is 10.2 Å². The lowest BCUT2D eigenvalue weighted by Gasteiger charge is -2.60. The highest BCUT2D eigenvalue weighted by Gasteiger charge is 2.60. The second kappa shape index (κ2) is 6.69. The van der Waals surface area contributed by atoms with Crippen LogP contribution in [0.25, 0.3) is 0 Å². The van der Waals surface area contributed by atoms with E-state index in [0.717, 1.165) is 17.7 Å². The highest BCUT2D eigenvalue weighted by molar-refractivity contribution is 7.12. The molecule has 5 rings (SSSR count). The molecule has 2 unspecified atom stereocenters. The van der Waals surface area contributed by atoms with Crippen LogP contribution in [-0.4, -0.2) is 35.8 Å². The van der Waals surface area contributed by atoms with Crippen LogP contribution in [0, 0.1) is 28.6 Å². The topological polar surface area (TPSA) is 49.4 Å². The van der Waals surface area contributed by atoms with Crippen molar-refractivity contribution in [2.75, 3.05) is 7.05 Å². The lowest BCUT2D eigenvalue weighted by atomic mass is 9.48. The number of carbonyl (C=O) groups is 2. The van der Waals surface area contributed by atoms with Gasteiger partial charge in [0.05, 0.1) is 4.88 Å². The summed E-state index contributed by atoms with van der Waals surface area (Å²) in [6.07, 6.45) is 11.0. The molecule has 0 saturated heterocycles. The Bertz CT molecular complexity index is 849. The van der Waals surface area contributed by atoms with Crippen LogP contribution in [0.5, 0.6) is 0 Å². The fraction of sp³-hybridized carbons (Fsp3) is 0.667. The summed E-state index contributed by atoms with van der Waals surface area (Å²) in [6.45, 7) is 4.82. The highest BCUT2D eigenvalue weighted by Crippen LogP contribution is 2.63. The number of amides is 2. The van der Waals surface area contributed by atoms with Gasteiger partial charge in [0.1, 0.15) is 0 Å². The number of nitrogens with zero attached hydrogens (tertiary/aromatic N) is 1. The number of rotatable bonds is 2. The molecule has 5 heteroatoms. The number of likely N-dealkylation sites (N-methyl/N-ethyl adjacent to an activating group) is 1. The van der Waals surface area contributed by atoms with Gasteiger partial charge in [-0.3, -0.25) is 9.59 Å². The van der Waals surface area contributed by atoms with Crippen LogP contribution in [-0.2, 0) is 4.79 Å². The average Bonchev–Trinajstić information content (AvgIpc) is 3.34. The average molecular weight is 413 g/mol. The van der Waals surface area contributed by atoms with Crippen molar-refractivity contribution in [2.24, 2.45) is 28.6 Å². The molecule has 4 aliphatic rings. The van der Waals surface area contributed by atoms with Crippen LogP contribution < -0.4 is 5.32 Å². The number of fused-ring (bicyclic) bond motifs is 5. The zero-order valence-corrected chi connectivity index (χ0v) is 18.5. The van der Waals surface area contributed by atoms with Gasteiger partial charge in [0.2, 0.25) is 5.91 Å². The first-order chi connectivity index (χ1) is 13.8. The predicted molar refractivity (Wildman–Crippen MR) is 116 cm³/mol. The van der Waals surface area contributed by atoms with Gasteiger partial charge in [-0.05, 0) is 79.2 Å². The quantitative estimate of drug-likeness (QED) is 0.778. The molecule has 4 nitrogen and oxygen atoms in total. The fourth-order valence-corrected chi connectivity index (χ4v) is 8.24. The van der Waals surface area contributed by atoms with Gasteiger partial charge in [-0.25, -0.2) is 0 Å². The molecule has 3 aliphatic carbocycles. The van der Waals surface area contributed by atoms with E-state index in [2.05, 4.69) is 25.2 Å². The molecule has 2 heterocycles. The molecule has 3 saturated carbocycles. The van der Waals surface area contributed by atoms with Crippen LogP contribution in [0.4, 0.5) is 0 Å². The smallest absolute Gasteiger partial charge is 0.261 e. The van der Waals surface area contributed by atoms with E-state index >= 15 is 0 Å². The maximum absolute atomic E-state index is 12.7. The van der Waals surface area contributed by atoms with Crippen LogP contribution in [0.2, 0.25) is 0 Å². The van der Waals surface area contributed by atoms with Crippen molar-refractivity contribution in [3.63, 3.8) is 0 Å². The van der Waals surface area contributed by atoms with Gasteiger partial charge in [-0.1, -0.05) is 26.0 Å². The van der Waals surface area contributed by atoms with E-state index in [0.29, 0.717) is 23.8 Å². The summed E-state index contributed by atoms with van der Waals surface area (Å²) < 4.78 is 0. The second-order valence-electron chi connectivity index (χ2n) is 10.2. The number of hydrogen-bond donors (Lipinski definition) is 1. The van der Waals surface area contributed by atoms with E-state index in [1.165, 1.54) is 37.0 Å². The number of nitrogens with one attached hydrogen (secondary N) is 1. The Kier molecular flexibility index (Phi) is 4.47. The summed E-state index contributed by atoms with van der Waals surface area (Å²) in [5.74, 6) is 2.26. The molecule has 0 bridgehead atoms. The van der Waals surface area contributed by atoms with E-state index in [9.17, 15) is 9.59 Å². The van der Waals surface area contributed by atoms with Crippen molar-refractivity contribution in [1.29, 1.82) is 0 Å². The van der Waals surface area contributed by atoms with Crippen molar-refractivity contribution in [2.45, 2.75) is 64.5 Å². The Morgan fingerprint density at radius 2 is 2.00 bits per heavy atom. The lowest BCUT2D eigenvalue weighted by molar-refractivity contribution is -0.138. The van der Waals surface area contributed by atoms with Gasteiger partial charge in [0.15, 0.2) is 0 Å². The molecule has 3 fully saturated rings. The van der Waals surface area contributed by atoms with Gasteiger partial charge in [0.25, 0.3) is 5.91 Å². The van der Waals surface area contributed by atoms with E-state index in [-0.39, 0.29) is 28.7 Å². The molecule has 1 aromatic heterocycles. The third-order valence-corrected chi connectivity index (χ3v) is 10.0. The summed E-state index contributed by atoms with van der Waals surface area (Å²) in [5, 5.41) is 5.37. The normalized spacial score (nSPS) is 43.5. The Hall–Kier alpha value is -1.62. The molecule has 1 aromatic rings. The Morgan fingerprint density at radius 1 is 1.17 bits per heavy atom. The molecule has 0 spiro atoms. The molecule has 7 atom stereocenters. The van der Waals surface area contributed by atoms with Crippen LogP contribution in [0.3, 0.4) is 0 Å². The molecule has 2 amide bonds. The van der Waals surface area contributed by atoms with E-state index in [1.54, 1.807) is 0 Å². The third kappa shape index (κ3) is 2.76. The predicted octanol–water partition coefficient (Wildman–Crippen LogP) is 4.49. The minimum Gasteiger partial charge on any atom is -0.348 e. The monoisotopic (exact) mass is 412 g/mol. The molecule has 156 valence electrons. The molecule has 0 radical (unpaired) electrons. The maximum atomic E-state index is 12.7.